The molecule has 0 bridgehead atoms. The van der Waals surface area contributed by atoms with Gasteiger partial charge in [0, 0.05) is 18.2 Å². The van der Waals surface area contributed by atoms with Crippen LogP contribution in [0.25, 0.3) is 0 Å². The minimum atomic E-state index is 0.0116. The number of hydrogen-bond acceptors (Lipinski definition) is 3. The van der Waals surface area contributed by atoms with Gasteiger partial charge in [-0.2, -0.15) is 0 Å². The Labute approximate surface area is 112 Å². The lowest BCUT2D eigenvalue weighted by Gasteiger charge is -2.35. The molecule has 1 atom stereocenters. The largest absolute Gasteiger partial charge is 0.384 e. The highest BCUT2D eigenvalue weighted by molar-refractivity contribution is 6.29. The van der Waals surface area contributed by atoms with Crippen LogP contribution >= 0.6 is 11.6 Å². The number of hydrogen-bond donors (Lipinski definition) is 1. The maximum atomic E-state index is 12.5. The lowest BCUT2D eigenvalue weighted by molar-refractivity contribution is 0.0608. The number of nitrogen functional groups attached to an aromatic ring is 1. The molecule has 18 heavy (non-hydrogen) atoms. The molecule has 1 aromatic rings. The quantitative estimate of drug-likeness (QED) is 0.838. The molecule has 1 fully saturated rings. The lowest BCUT2D eigenvalue weighted by Crippen LogP contribution is -2.43. The molecule has 1 unspecified atom stereocenters. The van der Waals surface area contributed by atoms with E-state index >= 15 is 0 Å². The third-order valence-electron chi connectivity index (χ3n) is 3.42. The van der Waals surface area contributed by atoms with Crippen molar-refractivity contribution in [3.8, 4) is 0 Å². The summed E-state index contributed by atoms with van der Waals surface area (Å²) < 4.78 is 0. The highest BCUT2D eigenvalue weighted by Gasteiger charge is 2.26. The van der Waals surface area contributed by atoms with Crippen molar-refractivity contribution in [3.05, 3.63) is 22.8 Å². The predicted molar refractivity (Wildman–Crippen MR) is 72.6 cm³/mol. The van der Waals surface area contributed by atoms with Gasteiger partial charge in [-0.1, -0.05) is 18.5 Å². The average molecular weight is 268 g/mol. The number of anilines is 1. The van der Waals surface area contributed by atoms with Crippen LogP contribution in [0.5, 0.6) is 0 Å². The second kappa shape index (κ2) is 5.57. The summed E-state index contributed by atoms with van der Waals surface area (Å²) in [6.45, 7) is 2.93. The number of aromatic nitrogens is 1. The molecule has 4 nitrogen and oxygen atoms in total. The smallest absolute Gasteiger partial charge is 0.254 e. The zero-order chi connectivity index (χ0) is 13.1. The topological polar surface area (TPSA) is 59.2 Å². The van der Waals surface area contributed by atoms with Crippen LogP contribution in [0, 0.1) is 0 Å². The van der Waals surface area contributed by atoms with Crippen LogP contribution in [-0.2, 0) is 0 Å². The van der Waals surface area contributed by atoms with Gasteiger partial charge in [-0.3, -0.25) is 4.79 Å². The molecule has 1 saturated heterocycles. The highest BCUT2D eigenvalue weighted by atomic mass is 35.5. The van der Waals surface area contributed by atoms with E-state index in [2.05, 4.69) is 11.9 Å². The van der Waals surface area contributed by atoms with E-state index in [1.54, 1.807) is 12.1 Å². The molecule has 1 aliphatic rings. The van der Waals surface area contributed by atoms with Gasteiger partial charge in [0.15, 0.2) is 0 Å². The van der Waals surface area contributed by atoms with E-state index in [-0.39, 0.29) is 16.9 Å². The molecule has 0 aliphatic carbocycles. The Morgan fingerprint density at radius 3 is 3.00 bits per heavy atom. The SMILES string of the molecule is CCC1CCCCN1C(=O)c1cc(N)nc(Cl)c1. The van der Waals surface area contributed by atoms with Crippen LogP contribution < -0.4 is 5.73 Å². The second-order valence-electron chi connectivity index (χ2n) is 4.66. The lowest BCUT2D eigenvalue weighted by atomic mass is 9.99. The fourth-order valence-electron chi connectivity index (χ4n) is 2.50. The van der Waals surface area contributed by atoms with Crippen molar-refractivity contribution >= 4 is 23.3 Å². The molecule has 0 radical (unpaired) electrons. The van der Waals surface area contributed by atoms with Crippen molar-refractivity contribution in [2.24, 2.45) is 0 Å². The number of pyridine rings is 1. The van der Waals surface area contributed by atoms with Crippen LogP contribution in [0.1, 0.15) is 43.0 Å². The number of carbonyl (C=O) groups excluding carboxylic acids is 1. The van der Waals surface area contributed by atoms with E-state index in [0.29, 0.717) is 11.6 Å². The molecular weight excluding hydrogens is 250 g/mol. The molecule has 5 heteroatoms. The van der Waals surface area contributed by atoms with E-state index in [4.69, 9.17) is 17.3 Å². The molecular formula is C13H18ClN3O. The highest BCUT2D eigenvalue weighted by Crippen LogP contribution is 2.23. The predicted octanol–water partition coefficient (Wildman–Crippen LogP) is 2.72. The van der Waals surface area contributed by atoms with Crippen LogP contribution in [-0.4, -0.2) is 28.4 Å². The summed E-state index contributed by atoms with van der Waals surface area (Å²) in [6.07, 6.45) is 4.33. The first-order valence-corrected chi connectivity index (χ1v) is 6.73. The van der Waals surface area contributed by atoms with Gasteiger partial charge in [-0.15, -0.1) is 0 Å². The van der Waals surface area contributed by atoms with Crippen LogP contribution in [0.15, 0.2) is 12.1 Å². The number of nitrogens with zero attached hydrogens (tertiary/aromatic N) is 2. The summed E-state index contributed by atoms with van der Waals surface area (Å²) in [5.41, 5.74) is 6.16. The van der Waals surface area contributed by atoms with Gasteiger partial charge >= 0.3 is 0 Å². The molecule has 2 rings (SSSR count). The van der Waals surface area contributed by atoms with Gasteiger partial charge < -0.3 is 10.6 Å². The molecule has 2 heterocycles. The minimum absolute atomic E-state index is 0.0116. The molecule has 1 aliphatic heterocycles. The zero-order valence-electron chi connectivity index (χ0n) is 10.5. The van der Waals surface area contributed by atoms with Gasteiger partial charge in [-0.05, 0) is 37.8 Å². The Hall–Kier alpha value is -1.29. The molecule has 98 valence electrons. The summed E-state index contributed by atoms with van der Waals surface area (Å²) in [5.74, 6) is 0.299. The molecule has 1 amide bonds. The standard InChI is InChI=1S/C13H18ClN3O/c1-2-10-5-3-4-6-17(10)13(18)9-7-11(14)16-12(15)8-9/h7-8,10H,2-6H2,1H3,(H2,15,16). The average Bonchev–Trinajstić information content (AvgIpc) is 2.36. The van der Waals surface area contributed by atoms with Crippen molar-refractivity contribution < 1.29 is 4.79 Å². The van der Waals surface area contributed by atoms with E-state index in [0.717, 1.165) is 25.8 Å². The van der Waals surface area contributed by atoms with E-state index < -0.39 is 0 Å². The summed E-state index contributed by atoms with van der Waals surface area (Å²) in [7, 11) is 0. The van der Waals surface area contributed by atoms with Gasteiger partial charge in [0.1, 0.15) is 11.0 Å². The van der Waals surface area contributed by atoms with E-state index in [1.165, 1.54) is 6.42 Å². The van der Waals surface area contributed by atoms with Crippen molar-refractivity contribution in [2.45, 2.75) is 38.6 Å². The molecule has 0 spiro atoms. The first-order valence-electron chi connectivity index (χ1n) is 6.36. The maximum absolute atomic E-state index is 12.5. The number of carbonyl (C=O) groups is 1. The number of likely N-dealkylation sites (tertiary alicyclic amines) is 1. The Kier molecular flexibility index (Phi) is 4.07. The van der Waals surface area contributed by atoms with Crippen molar-refractivity contribution in [2.75, 3.05) is 12.3 Å². The second-order valence-corrected chi connectivity index (χ2v) is 5.05. The van der Waals surface area contributed by atoms with Gasteiger partial charge in [0.25, 0.3) is 5.91 Å². The van der Waals surface area contributed by atoms with Crippen LogP contribution in [0.2, 0.25) is 5.15 Å². The molecule has 2 N–H and O–H groups in total. The normalized spacial score (nSPS) is 19.9. The number of nitrogens with two attached hydrogens (primary N) is 1. The number of halogens is 1. The third kappa shape index (κ3) is 2.75. The molecule has 0 saturated carbocycles. The third-order valence-corrected chi connectivity index (χ3v) is 3.61. The van der Waals surface area contributed by atoms with Crippen molar-refractivity contribution in [3.63, 3.8) is 0 Å². The first kappa shape index (κ1) is 13.1. The minimum Gasteiger partial charge on any atom is -0.384 e. The van der Waals surface area contributed by atoms with E-state index in [1.807, 2.05) is 4.90 Å². The first-order chi connectivity index (χ1) is 8.61. The Morgan fingerprint density at radius 2 is 2.33 bits per heavy atom. The monoisotopic (exact) mass is 267 g/mol. The van der Waals surface area contributed by atoms with Crippen LogP contribution in [0.3, 0.4) is 0 Å². The van der Waals surface area contributed by atoms with Gasteiger partial charge in [-0.25, -0.2) is 4.98 Å². The summed E-state index contributed by atoms with van der Waals surface area (Å²) in [6, 6.07) is 3.51. The fraction of sp³-hybridized carbons (Fsp3) is 0.538. The van der Waals surface area contributed by atoms with Gasteiger partial charge in [0.05, 0.1) is 0 Å². The Balaban J connectivity index is 2.23. The summed E-state index contributed by atoms with van der Waals surface area (Å²) in [5, 5.41) is 0.267. The van der Waals surface area contributed by atoms with Crippen LogP contribution in [0.4, 0.5) is 5.82 Å². The summed E-state index contributed by atoms with van der Waals surface area (Å²) >= 11 is 5.84. The Morgan fingerprint density at radius 1 is 1.56 bits per heavy atom. The Bertz CT molecular complexity index is 430. The molecule has 0 aromatic carbocycles. The molecule has 1 aromatic heterocycles. The number of rotatable bonds is 2. The zero-order valence-corrected chi connectivity index (χ0v) is 11.3. The van der Waals surface area contributed by atoms with E-state index in [9.17, 15) is 4.79 Å². The number of piperidine rings is 1. The fourth-order valence-corrected chi connectivity index (χ4v) is 2.71. The van der Waals surface area contributed by atoms with Crippen molar-refractivity contribution in [1.29, 1.82) is 0 Å². The summed E-state index contributed by atoms with van der Waals surface area (Å²) in [4.78, 5) is 18.3. The number of amides is 1. The maximum Gasteiger partial charge on any atom is 0.254 e. The van der Waals surface area contributed by atoms with Crippen molar-refractivity contribution in [1.82, 2.24) is 9.88 Å². The van der Waals surface area contributed by atoms with Gasteiger partial charge in [0.2, 0.25) is 0 Å².